The number of benzene rings is 1. The van der Waals surface area contributed by atoms with E-state index in [1.807, 2.05) is 20.9 Å². The van der Waals surface area contributed by atoms with Crippen LogP contribution < -0.4 is 5.32 Å². The van der Waals surface area contributed by atoms with Gasteiger partial charge in [-0.15, -0.1) is 0 Å². The summed E-state index contributed by atoms with van der Waals surface area (Å²) in [6.45, 7) is 6.19. The Morgan fingerprint density at radius 3 is 2.29 bits per heavy atom. The lowest BCUT2D eigenvalue weighted by atomic mass is 9.97. The number of nitrogens with one attached hydrogen (secondary N) is 1. The Kier molecular flexibility index (Phi) is 6.80. The van der Waals surface area contributed by atoms with Crippen LogP contribution in [0.4, 0.5) is 5.69 Å². The molecule has 1 fully saturated rings. The largest absolute Gasteiger partial charge is 0.462 e. The van der Waals surface area contributed by atoms with Crippen LogP contribution in [0.1, 0.15) is 41.5 Å². The maximum Gasteiger partial charge on any atom is 0.338 e. The van der Waals surface area contributed by atoms with Crippen molar-refractivity contribution in [3.8, 4) is 0 Å². The predicted molar refractivity (Wildman–Crippen MR) is 115 cm³/mol. The number of piperidine rings is 1. The van der Waals surface area contributed by atoms with Crippen molar-refractivity contribution in [3.63, 3.8) is 0 Å². The van der Waals surface area contributed by atoms with Crippen LogP contribution in [0.3, 0.4) is 0 Å². The fourth-order valence-electron chi connectivity index (χ4n) is 3.66. The maximum atomic E-state index is 13.0. The highest BCUT2D eigenvalue weighted by molar-refractivity contribution is 7.89. The Balaban J connectivity index is 1.63. The number of aromatic nitrogens is 2. The zero-order valence-electron chi connectivity index (χ0n) is 18.2. The van der Waals surface area contributed by atoms with Crippen LogP contribution in [0, 0.1) is 19.8 Å². The van der Waals surface area contributed by atoms with Gasteiger partial charge in [-0.3, -0.25) is 9.48 Å². The van der Waals surface area contributed by atoms with Gasteiger partial charge in [-0.1, -0.05) is 0 Å². The molecule has 1 aromatic carbocycles. The van der Waals surface area contributed by atoms with Crippen molar-refractivity contribution in [2.75, 3.05) is 25.0 Å². The minimum Gasteiger partial charge on any atom is -0.462 e. The van der Waals surface area contributed by atoms with Crippen LogP contribution in [-0.2, 0) is 26.6 Å². The molecule has 1 amide bonds. The van der Waals surface area contributed by atoms with Crippen molar-refractivity contribution in [1.82, 2.24) is 14.1 Å². The standard InChI is InChI=1S/C21H28N4O5S/c1-5-30-21(27)17-6-8-18(9-7-17)31(28,29)25-12-10-16(11-13-25)20(26)22-19-14(2)23-24(4)15(19)3/h6-9,16H,5,10-13H2,1-4H3,(H,22,26). The van der Waals surface area contributed by atoms with E-state index >= 15 is 0 Å². The van der Waals surface area contributed by atoms with Gasteiger partial charge >= 0.3 is 5.97 Å². The fourth-order valence-corrected chi connectivity index (χ4v) is 5.13. The Bertz CT molecular complexity index is 1070. The van der Waals surface area contributed by atoms with E-state index in [0.29, 0.717) is 24.1 Å². The summed E-state index contributed by atoms with van der Waals surface area (Å²) in [5.74, 6) is -0.871. The summed E-state index contributed by atoms with van der Waals surface area (Å²) >= 11 is 0. The number of aryl methyl sites for hydroxylation is 2. The number of carbonyl (C=O) groups is 2. The number of anilines is 1. The van der Waals surface area contributed by atoms with Gasteiger partial charge in [0.25, 0.3) is 0 Å². The summed E-state index contributed by atoms with van der Waals surface area (Å²) in [7, 11) is -1.88. The monoisotopic (exact) mass is 448 g/mol. The zero-order chi connectivity index (χ0) is 22.8. The van der Waals surface area contributed by atoms with Gasteiger partial charge in [0.2, 0.25) is 15.9 Å². The van der Waals surface area contributed by atoms with Crippen molar-refractivity contribution in [2.45, 2.75) is 38.5 Å². The number of sulfonamides is 1. The third kappa shape index (κ3) is 4.80. The van der Waals surface area contributed by atoms with E-state index in [1.54, 1.807) is 11.6 Å². The molecule has 0 spiro atoms. The van der Waals surface area contributed by atoms with Crippen LogP contribution in [-0.4, -0.2) is 54.1 Å². The summed E-state index contributed by atoms with van der Waals surface area (Å²) in [6.07, 6.45) is 0.870. The number of rotatable bonds is 6. The van der Waals surface area contributed by atoms with E-state index in [9.17, 15) is 18.0 Å². The van der Waals surface area contributed by atoms with Crippen LogP contribution in [0.15, 0.2) is 29.2 Å². The van der Waals surface area contributed by atoms with E-state index in [4.69, 9.17) is 4.74 Å². The second kappa shape index (κ2) is 9.19. The smallest absolute Gasteiger partial charge is 0.338 e. The fraction of sp³-hybridized carbons (Fsp3) is 0.476. The molecular weight excluding hydrogens is 420 g/mol. The van der Waals surface area contributed by atoms with Gasteiger partial charge < -0.3 is 10.1 Å². The molecule has 9 nitrogen and oxygen atoms in total. The first-order valence-electron chi connectivity index (χ1n) is 10.2. The molecule has 0 unspecified atom stereocenters. The molecule has 1 N–H and O–H groups in total. The minimum atomic E-state index is -3.70. The van der Waals surface area contributed by atoms with Crippen LogP contribution in [0.2, 0.25) is 0 Å². The zero-order valence-corrected chi connectivity index (χ0v) is 19.0. The number of carbonyl (C=O) groups excluding carboxylic acids is 2. The molecule has 2 heterocycles. The van der Waals surface area contributed by atoms with Crippen LogP contribution in [0.25, 0.3) is 0 Å². The minimum absolute atomic E-state index is 0.116. The number of esters is 1. The van der Waals surface area contributed by atoms with E-state index < -0.39 is 16.0 Å². The molecule has 0 radical (unpaired) electrons. The topological polar surface area (TPSA) is 111 Å². The SMILES string of the molecule is CCOC(=O)c1ccc(S(=O)(=O)N2CCC(C(=O)Nc3c(C)nn(C)c3C)CC2)cc1. The van der Waals surface area contributed by atoms with Gasteiger partial charge in [0.15, 0.2) is 0 Å². The van der Waals surface area contributed by atoms with E-state index in [2.05, 4.69) is 10.4 Å². The van der Waals surface area contributed by atoms with E-state index in [-0.39, 0.29) is 36.4 Å². The molecule has 3 rings (SSSR count). The number of hydrogen-bond acceptors (Lipinski definition) is 6. The number of hydrogen-bond donors (Lipinski definition) is 1. The molecule has 31 heavy (non-hydrogen) atoms. The second-order valence-corrected chi connectivity index (χ2v) is 9.52. The molecule has 1 aliphatic heterocycles. The number of amides is 1. The predicted octanol–water partition coefficient (Wildman–Crippen LogP) is 2.25. The van der Waals surface area contributed by atoms with Gasteiger partial charge in [0.1, 0.15) is 0 Å². The Hall–Kier alpha value is -2.72. The lowest BCUT2D eigenvalue weighted by Gasteiger charge is -2.30. The molecule has 1 aromatic heterocycles. The second-order valence-electron chi connectivity index (χ2n) is 7.58. The summed E-state index contributed by atoms with van der Waals surface area (Å²) in [4.78, 5) is 24.6. The molecule has 0 aliphatic carbocycles. The van der Waals surface area contributed by atoms with E-state index in [1.165, 1.54) is 28.6 Å². The Morgan fingerprint density at radius 1 is 1.16 bits per heavy atom. The van der Waals surface area contributed by atoms with Gasteiger partial charge in [-0.2, -0.15) is 9.40 Å². The van der Waals surface area contributed by atoms with Crippen molar-refractivity contribution in [2.24, 2.45) is 13.0 Å². The van der Waals surface area contributed by atoms with Crippen molar-refractivity contribution >= 4 is 27.6 Å². The summed E-state index contributed by atoms with van der Waals surface area (Å²) in [5.41, 5.74) is 2.64. The van der Waals surface area contributed by atoms with Crippen molar-refractivity contribution in [3.05, 3.63) is 41.2 Å². The molecule has 10 heteroatoms. The Morgan fingerprint density at radius 2 is 1.77 bits per heavy atom. The molecule has 168 valence electrons. The highest BCUT2D eigenvalue weighted by Crippen LogP contribution is 2.26. The molecule has 0 bridgehead atoms. The molecule has 2 aromatic rings. The summed E-state index contributed by atoms with van der Waals surface area (Å²) in [6, 6.07) is 5.72. The first-order valence-corrected chi connectivity index (χ1v) is 11.7. The first-order chi connectivity index (χ1) is 14.6. The Labute approximate surface area is 182 Å². The highest BCUT2D eigenvalue weighted by Gasteiger charge is 2.32. The average molecular weight is 449 g/mol. The van der Waals surface area contributed by atoms with Gasteiger partial charge in [0, 0.05) is 26.1 Å². The molecule has 0 atom stereocenters. The summed E-state index contributed by atoms with van der Waals surface area (Å²) in [5, 5.41) is 7.25. The van der Waals surface area contributed by atoms with Crippen LogP contribution >= 0.6 is 0 Å². The quantitative estimate of drug-likeness (QED) is 0.679. The van der Waals surface area contributed by atoms with Crippen molar-refractivity contribution < 1.29 is 22.7 Å². The normalized spacial score (nSPS) is 15.6. The number of ether oxygens (including phenoxy) is 1. The summed E-state index contributed by atoms with van der Waals surface area (Å²) < 4.78 is 33.9. The van der Waals surface area contributed by atoms with Gasteiger partial charge in [0.05, 0.1) is 34.1 Å². The maximum absolute atomic E-state index is 13.0. The lowest BCUT2D eigenvalue weighted by molar-refractivity contribution is -0.120. The number of nitrogens with zero attached hydrogens (tertiary/aromatic N) is 3. The third-order valence-electron chi connectivity index (χ3n) is 5.59. The van der Waals surface area contributed by atoms with Gasteiger partial charge in [-0.25, -0.2) is 13.2 Å². The average Bonchev–Trinajstić information content (AvgIpc) is 3.00. The van der Waals surface area contributed by atoms with Gasteiger partial charge in [-0.05, 0) is 57.9 Å². The van der Waals surface area contributed by atoms with Crippen LogP contribution in [0.5, 0.6) is 0 Å². The third-order valence-corrected chi connectivity index (χ3v) is 7.50. The molecule has 1 aliphatic rings. The lowest BCUT2D eigenvalue weighted by Crippen LogP contribution is -2.41. The highest BCUT2D eigenvalue weighted by atomic mass is 32.2. The first kappa shape index (κ1) is 23.0. The van der Waals surface area contributed by atoms with Crippen molar-refractivity contribution in [1.29, 1.82) is 0 Å². The molecular formula is C21H28N4O5S. The van der Waals surface area contributed by atoms with E-state index in [0.717, 1.165) is 11.4 Å². The molecule has 1 saturated heterocycles. The molecule has 0 saturated carbocycles.